The molecule has 0 spiro atoms. The van der Waals surface area contributed by atoms with Gasteiger partial charge in [-0.05, 0) is 81.0 Å². The Kier molecular flexibility index (Phi) is 6.71. The third-order valence-electron chi connectivity index (χ3n) is 6.93. The molecule has 0 saturated carbocycles. The zero-order valence-corrected chi connectivity index (χ0v) is 20.8. The van der Waals surface area contributed by atoms with Crippen molar-refractivity contribution in [3.8, 4) is 0 Å². The molecule has 174 valence electrons. The minimum absolute atomic E-state index is 0.0576. The van der Waals surface area contributed by atoms with Gasteiger partial charge in [-0.25, -0.2) is 0 Å². The molecule has 1 aromatic carbocycles. The molecule has 2 atom stereocenters. The van der Waals surface area contributed by atoms with E-state index in [4.69, 9.17) is 0 Å². The van der Waals surface area contributed by atoms with Gasteiger partial charge in [0.25, 0.3) is 0 Å². The Balaban J connectivity index is 1.72. The summed E-state index contributed by atoms with van der Waals surface area (Å²) < 4.78 is 0. The van der Waals surface area contributed by atoms with Gasteiger partial charge in [-0.3, -0.25) is 9.79 Å². The second-order valence-corrected chi connectivity index (χ2v) is 9.57. The van der Waals surface area contributed by atoms with Crippen LogP contribution in [0.15, 0.2) is 58.6 Å². The van der Waals surface area contributed by atoms with Gasteiger partial charge in [0.05, 0.1) is 17.1 Å². The van der Waals surface area contributed by atoms with Crippen molar-refractivity contribution in [2.24, 2.45) is 10.9 Å². The van der Waals surface area contributed by atoms with Gasteiger partial charge < -0.3 is 15.1 Å². The molecule has 1 aromatic rings. The normalized spacial score (nSPS) is 22.1. The Morgan fingerprint density at radius 1 is 1.30 bits per heavy atom. The van der Waals surface area contributed by atoms with E-state index >= 15 is 0 Å². The molecule has 0 saturated heterocycles. The van der Waals surface area contributed by atoms with Gasteiger partial charge in [0.1, 0.15) is 6.17 Å². The van der Waals surface area contributed by atoms with Crippen LogP contribution in [0.2, 0.25) is 0 Å². The zero-order chi connectivity index (χ0) is 23.7. The highest BCUT2D eigenvalue weighted by Gasteiger charge is 2.30. The Labute approximate surface area is 198 Å². The van der Waals surface area contributed by atoms with Crippen LogP contribution < -0.4 is 5.32 Å². The molecule has 2 unspecified atom stereocenters. The quantitative estimate of drug-likeness (QED) is 0.593. The largest absolute Gasteiger partial charge is 0.359 e. The highest BCUT2D eigenvalue weighted by molar-refractivity contribution is 5.99. The lowest BCUT2D eigenvalue weighted by molar-refractivity contribution is 0.101. The molecule has 5 heteroatoms. The molecule has 3 aliphatic rings. The van der Waals surface area contributed by atoms with Gasteiger partial charge in [0.2, 0.25) is 0 Å². The van der Waals surface area contributed by atoms with Gasteiger partial charge in [0.15, 0.2) is 5.78 Å². The molecular weight excluding hydrogens is 408 g/mol. The minimum Gasteiger partial charge on any atom is -0.359 e. The summed E-state index contributed by atoms with van der Waals surface area (Å²) in [4.78, 5) is 21.8. The van der Waals surface area contributed by atoms with Crippen LogP contribution in [0.5, 0.6) is 0 Å². The first-order valence-electron chi connectivity index (χ1n) is 12.0. The average molecular weight is 445 g/mol. The topological polar surface area (TPSA) is 47.9 Å². The lowest BCUT2D eigenvalue weighted by Gasteiger charge is -2.26. The van der Waals surface area contributed by atoms with Crippen LogP contribution in [0.1, 0.15) is 68.9 Å². The maximum absolute atomic E-state index is 12.7. The minimum atomic E-state index is 0.0576. The van der Waals surface area contributed by atoms with Crippen molar-refractivity contribution < 1.29 is 4.79 Å². The predicted molar refractivity (Wildman–Crippen MR) is 138 cm³/mol. The Bertz CT molecular complexity index is 1100. The molecule has 33 heavy (non-hydrogen) atoms. The number of carbonyl (C=O) groups is 1. The predicted octanol–water partition coefficient (Wildman–Crippen LogP) is 5.45. The molecular formula is C28H36N4O. The third-order valence-corrected chi connectivity index (χ3v) is 6.93. The number of nitrogens with zero attached hydrogens (tertiary/aromatic N) is 3. The van der Waals surface area contributed by atoms with E-state index in [0.29, 0.717) is 5.92 Å². The fraction of sp³-hybridized carbons (Fsp3) is 0.429. The molecule has 0 aromatic heterocycles. The highest BCUT2D eigenvalue weighted by Crippen LogP contribution is 2.32. The molecule has 3 heterocycles. The second-order valence-electron chi connectivity index (χ2n) is 9.57. The number of ketones is 1. The summed E-state index contributed by atoms with van der Waals surface area (Å²) in [6.45, 7) is 12.2. The van der Waals surface area contributed by atoms with Crippen molar-refractivity contribution in [1.82, 2.24) is 15.1 Å². The van der Waals surface area contributed by atoms with Gasteiger partial charge in [-0.1, -0.05) is 32.1 Å². The first kappa shape index (κ1) is 23.2. The summed E-state index contributed by atoms with van der Waals surface area (Å²) in [5, 5.41) is 3.66. The molecule has 0 fully saturated rings. The van der Waals surface area contributed by atoms with Crippen molar-refractivity contribution in [2.45, 2.75) is 53.6 Å². The van der Waals surface area contributed by atoms with E-state index in [9.17, 15) is 4.79 Å². The van der Waals surface area contributed by atoms with E-state index in [1.54, 1.807) is 6.92 Å². The van der Waals surface area contributed by atoms with E-state index in [-0.39, 0.29) is 11.9 Å². The van der Waals surface area contributed by atoms with Crippen molar-refractivity contribution >= 4 is 23.1 Å². The summed E-state index contributed by atoms with van der Waals surface area (Å²) in [6.07, 6.45) is 10.8. The van der Waals surface area contributed by atoms with Gasteiger partial charge in [0, 0.05) is 31.1 Å². The number of Topliss-reactive ketones (excluding diaryl/α,β-unsaturated/α-hetero) is 1. The average Bonchev–Trinajstić information content (AvgIpc) is 3.21. The summed E-state index contributed by atoms with van der Waals surface area (Å²) >= 11 is 0. The van der Waals surface area contributed by atoms with E-state index in [1.807, 2.05) is 6.92 Å². The number of likely N-dealkylation sites (N-methyl/N-ethyl adjacent to an activating group) is 1. The molecule has 0 aliphatic carbocycles. The van der Waals surface area contributed by atoms with Crippen LogP contribution in [0.3, 0.4) is 0 Å². The van der Waals surface area contributed by atoms with E-state index in [2.05, 4.69) is 90.7 Å². The number of benzene rings is 1. The summed E-state index contributed by atoms with van der Waals surface area (Å²) in [5.74, 6) is 0.455. The summed E-state index contributed by atoms with van der Waals surface area (Å²) in [7, 11) is 2.14. The Morgan fingerprint density at radius 2 is 2.09 bits per heavy atom. The zero-order valence-electron chi connectivity index (χ0n) is 20.8. The van der Waals surface area contributed by atoms with Crippen LogP contribution in [0.25, 0.3) is 11.6 Å². The lowest BCUT2D eigenvalue weighted by atomic mass is 9.90. The fourth-order valence-electron chi connectivity index (χ4n) is 4.75. The molecule has 0 radical (unpaired) electrons. The second kappa shape index (κ2) is 9.52. The maximum atomic E-state index is 12.7. The lowest BCUT2D eigenvalue weighted by Crippen LogP contribution is -2.41. The number of hydrogen-bond acceptors (Lipinski definition) is 5. The van der Waals surface area contributed by atoms with Gasteiger partial charge in [-0.2, -0.15) is 0 Å². The van der Waals surface area contributed by atoms with Crippen LogP contribution in [0, 0.1) is 5.92 Å². The highest BCUT2D eigenvalue weighted by atomic mass is 16.1. The maximum Gasteiger partial charge on any atom is 0.160 e. The monoisotopic (exact) mass is 444 g/mol. The van der Waals surface area contributed by atoms with E-state index < -0.39 is 0 Å². The standard InChI is InChI=1S/C28H36N4O/c1-7-18(2)25(27-17-32-16-19(3)29-20(4)28(32)30-27)15-24-9-8-23(14-26(24)21(5)33)22-10-12-31(6)13-11-22/h8-10,14-18,28,30H,7,11-13H2,1-6H3/b25-15+. The smallest absolute Gasteiger partial charge is 0.160 e. The molecule has 1 N–H and O–H groups in total. The van der Waals surface area contributed by atoms with Crippen molar-refractivity contribution in [3.05, 3.63) is 70.3 Å². The Morgan fingerprint density at radius 3 is 2.76 bits per heavy atom. The third kappa shape index (κ3) is 4.88. The Hall–Kier alpha value is -2.92. The van der Waals surface area contributed by atoms with Crippen molar-refractivity contribution in [1.29, 1.82) is 0 Å². The van der Waals surface area contributed by atoms with Crippen LogP contribution in [-0.2, 0) is 0 Å². The number of nitrogens with one attached hydrogen (secondary N) is 1. The molecule has 5 nitrogen and oxygen atoms in total. The van der Waals surface area contributed by atoms with Gasteiger partial charge in [-0.15, -0.1) is 0 Å². The molecule has 0 bridgehead atoms. The summed E-state index contributed by atoms with van der Waals surface area (Å²) in [5.41, 5.74) is 8.67. The van der Waals surface area contributed by atoms with Crippen LogP contribution in [-0.4, -0.2) is 47.6 Å². The number of hydrogen-bond donors (Lipinski definition) is 1. The van der Waals surface area contributed by atoms with E-state index in [0.717, 1.165) is 54.2 Å². The molecule has 3 aliphatic heterocycles. The van der Waals surface area contributed by atoms with Gasteiger partial charge >= 0.3 is 0 Å². The number of aliphatic imine (C=N–C) groups is 1. The number of rotatable bonds is 6. The van der Waals surface area contributed by atoms with Crippen molar-refractivity contribution in [2.75, 3.05) is 20.1 Å². The molecule has 0 amide bonds. The first-order valence-corrected chi connectivity index (χ1v) is 12.0. The first-order chi connectivity index (χ1) is 15.8. The number of fused-ring (bicyclic) bond motifs is 1. The molecule has 4 rings (SSSR count). The fourth-order valence-corrected chi connectivity index (χ4v) is 4.75. The van der Waals surface area contributed by atoms with Crippen LogP contribution >= 0.6 is 0 Å². The SMILES string of the molecule is CCC(C)/C(=C\c1ccc(C2=CCN(C)CC2)cc1C(C)=O)C1=CN2C=C(C)N=C(C)C2N1. The van der Waals surface area contributed by atoms with Crippen LogP contribution in [0.4, 0.5) is 0 Å². The van der Waals surface area contributed by atoms with Crippen molar-refractivity contribution in [3.63, 3.8) is 0 Å². The van der Waals surface area contributed by atoms with E-state index in [1.165, 1.54) is 16.7 Å². The number of allylic oxidation sites excluding steroid dienone is 2. The summed E-state index contributed by atoms with van der Waals surface area (Å²) in [6, 6.07) is 6.38. The number of carbonyl (C=O) groups excluding carboxylic acids is 1.